The van der Waals surface area contributed by atoms with E-state index in [1.165, 1.54) is 48.5 Å². The second-order valence-electron chi connectivity index (χ2n) is 3.87. The van der Waals surface area contributed by atoms with Crippen molar-refractivity contribution in [3.05, 3.63) is 22.8 Å². The van der Waals surface area contributed by atoms with Crippen LogP contribution in [-0.4, -0.2) is 0 Å². The van der Waals surface area contributed by atoms with Gasteiger partial charge in [-0.15, -0.1) is 0 Å². The summed E-state index contributed by atoms with van der Waals surface area (Å²) in [7, 11) is 0. The van der Waals surface area contributed by atoms with E-state index < -0.39 is 0 Å². The third kappa shape index (κ3) is 1.58. The van der Waals surface area contributed by atoms with Crippen LogP contribution < -0.4 is 10.6 Å². The van der Waals surface area contributed by atoms with Crippen molar-refractivity contribution in [3.8, 4) is 0 Å². The average molecular weight is 178 g/mol. The number of hydrogen-bond donors (Lipinski definition) is 2. The van der Waals surface area contributed by atoms with Gasteiger partial charge in [-0.2, -0.15) is 0 Å². The Morgan fingerprint density at radius 3 is 2.31 bits per heavy atom. The fourth-order valence-electron chi connectivity index (χ4n) is 2.11. The van der Waals surface area contributed by atoms with E-state index >= 15 is 0 Å². The Morgan fingerprint density at radius 2 is 1.69 bits per heavy atom. The summed E-state index contributed by atoms with van der Waals surface area (Å²) in [6.07, 6.45) is 6.21. The number of allylic oxidation sites excluding steroid dienone is 4. The Morgan fingerprint density at radius 1 is 1.08 bits per heavy atom. The van der Waals surface area contributed by atoms with Crippen molar-refractivity contribution in [2.45, 2.75) is 46.0 Å². The molecule has 0 aromatic heterocycles. The molecule has 0 radical (unpaired) electrons. The lowest BCUT2D eigenvalue weighted by Crippen LogP contribution is -2.31. The predicted octanol–water partition coefficient (Wildman–Crippen LogP) is 2.61. The van der Waals surface area contributed by atoms with Gasteiger partial charge < -0.3 is 10.6 Å². The van der Waals surface area contributed by atoms with E-state index in [1.807, 2.05) is 0 Å². The molecule has 2 nitrogen and oxygen atoms in total. The topological polar surface area (TPSA) is 24.1 Å². The zero-order chi connectivity index (χ0) is 9.26. The molecule has 0 unspecified atom stereocenters. The first-order valence-electron chi connectivity index (χ1n) is 5.27. The molecule has 0 bridgehead atoms. The molecule has 0 aromatic rings. The van der Waals surface area contributed by atoms with Gasteiger partial charge in [-0.05, 0) is 39.0 Å². The van der Waals surface area contributed by atoms with Crippen LogP contribution in [0, 0.1) is 0 Å². The third-order valence-corrected chi connectivity index (χ3v) is 2.91. The van der Waals surface area contributed by atoms with Crippen molar-refractivity contribution in [3.63, 3.8) is 0 Å². The van der Waals surface area contributed by atoms with Gasteiger partial charge in [0.2, 0.25) is 0 Å². The van der Waals surface area contributed by atoms with Gasteiger partial charge in [-0.25, -0.2) is 0 Å². The standard InChI is InChI=1S/C11H18N2/c1-3-9-8(2)12-10-6-4-5-7-11(10)13-9/h12-13H,3-7H2,1-2H3. The van der Waals surface area contributed by atoms with E-state index in [0.29, 0.717) is 0 Å². The molecule has 1 aliphatic carbocycles. The summed E-state index contributed by atoms with van der Waals surface area (Å²) in [5.74, 6) is 0. The second-order valence-corrected chi connectivity index (χ2v) is 3.87. The maximum atomic E-state index is 3.55. The van der Waals surface area contributed by atoms with Crippen LogP contribution in [0.15, 0.2) is 22.8 Å². The van der Waals surface area contributed by atoms with E-state index in [0.717, 1.165) is 6.42 Å². The monoisotopic (exact) mass is 178 g/mol. The van der Waals surface area contributed by atoms with Crippen molar-refractivity contribution in [2.24, 2.45) is 0 Å². The van der Waals surface area contributed by atoms with E-state index in [1.54, 1.807) is 0 Å². The molecule has 72 valence electrons. The lowest BCUT2D eigenvalue weighted by molar-refractivity contribution is 0.582. The first kappa shape index (κ1) is 8.67. The number of nitrogens with one attached hydrogen (secondary N) is 2. The SMILES string of the molecule is CCC1=C(C)NC2=C(CCCC2)N1. The quantitative estimate of drug-likeness (QED) is 0.645. The summed E-state index contributed by atoms with van der Waals surface area (Å²) >= 11 is 0. The fourth-order valence-corrected chi connectivity index (χ4v) is 2.11. The molecule has 2 aliphatic rings. The van der Waals surface area contributed by atoms with Crippen LogP contribution in [0.5, 0.6) is 0 Å². The zero-order valence-electron chi connectivity index (χ0n) is 8.54. The Bertz CT molecular complexity index is 274. The Balaban J connectivity index is 2.17. The molecule has 0 saturated carbocycles. The van der Waals surface area contributed by atoms with Gasteiger partial charge in [-0.1, -0.05) is 6.92 Å². The summed E-state index contributed by atoms with van der Waals surface area (Å²) in [4.78, 5) is 0. The molecule has 1 aliphatic heterocycles. The molecular weight excluding hydrogens is 160 g/mol. The van der Waals surface area contributed by atoms with Crippen molar-refractivity contribution in [1.29, 1.82) is 0 Å². The lowest BCUT2D eigenvalue weighted by atomic mass is 9.98. The van der Waals surface area contributed by atoms with Gasteiger partial charge in [0, 0.05) is 22.8 Å². The Labute approximate surface area is 80.1 Å². The van der Waals surface area contributed by atoms with Gasteiger partial charge in [0.15, 0.2) is 0 Å². The van der Waals surface area contributed by atoms with E-state index in [2.05, 4.69) is 24.5 Å². The molecule has 0 amide bonds. The first-order chi connectivity index (χ1) is 6.31. The fraction of sp³-hybridized carbons (Fsp3) is 0.636. The van der Waals surface area contributed by atoms with Gasteiger partial charge in [0.05, 0.1) is 0 Å². The van der Waals surface area contributed by atoms with Crippen LogP contribution >= 0.6 is 0 Å². The smallest absolute Gasteiger partial charge is 0.0345 e. The normalized spacial score (nSPS) is 22.3. The second kappa shape index (κ2) is 3.44. The molecule has 0 aromatic carbocycles. The lowest BCUT2D eigenvalue weighted by Gasteiger charge is -2.30. The summed E-state index contributed by atoms with van der Waals surface area (Å²) in [5.41, 5.74) is 5.54. The summed E-state index contributed by atoms with van der Waals surface area (Å²) < 4.78 is 0. The number of hydrogen-bond acceptors (Lipinski definition) is 2. The van der Waals surface area contributed by atoms with Gasteiger partial charge >= 0.3 is 0 Å². The molecule has 0 spiro atoms. The highest BCUT2D eigenvalue weighted by Gasteiger charge is 2.18. The van der Waals surface area contributed by atoms with Gasteiger partial charge in [0.25, 0.3) is 0 Å². The van der Waals surface area contributed by atoms with Crippen LogP contribution in [0.2, 0.25) is 0 Å². The highest BCUT2D eigenvalue weighted by Crippen LogP contribution is 2.26. The van der Waals surface area contributed by atoms with Crippen molar-refractivity contribution < 1.29 is 0 Å². The van der Waals surface area contributed by atoms with Crippen LogP contribution in [0.4, 0.5) is 0 Å². The molecule has 0 atom stereocenters. The minimum Gasteiger partial charge on any atom is -0.360 e. The molecular formula is C11H18N2. The zero-order valence-corrected chi connectivity index (χ0v) is 8.54. The maximum absolute atomic E-state index is 3.55. The minimum absolute atomic E-state index is 1.09. The van der Waals surface area contributed by atoms with Crippen LogP contribution in [0.1, 0.15) is 46.0 Å². The summed E-state index contributed by atoms with van der Waals surface area (Å²) in [6, 6.07) is 0. The van der Waals surface area contributed by atoms with Crippen molar-refractivity contribution >= 4 is 0 Å². The van der Waals surface area contributed by atoms with Crippen LogP contribution in [-0.2, 0) is 0 Å². The third-order valence-electron chi connectivity index (χ3n) is 2.91. The predicted molar refractivity (Wildman–Crippen MR) is 54.8 cm³/mol. The summed E-state index contributed by atoms with van der Waals surface area (Å²) in [5, 5.41) is 7.07. The molecule has 1 heterocycles. The Hall–Kier alpha value is -0.920. The van der Waals surface area contributed by atoms with Crippen LogP contribution in [0.3, 0.4) is 0 Å². The van der Waals surface area contributed by atoms with E-state index in [-0.39, 0.29) is 0 Å². The van der Waals surface area contributed by atoms with Gasteiger partial charge in [-0.3, -0.25) is 0 Å². The largest absolute Gasteiger partial charge is 0.360 e. The molecule has 2 rings (SSSR count). The minimum atomic E-state index is 1.09. The van der Waals surface area contributed by atoms with Gasteiger partial charge in [0.1, 0.15) is 0 Å². The number of rotatable bonds is 1. The first-order valence-corrected chi connectivity index (χ1v) is 5.27. The molecule has 0 saturated heterocycles. The molecule has 0 fully saturated rings. The van der Waals surface area contributed by atoms with Crippen molar-refractivity contribution in [1.82, 2.24) is 10.6 Å². The molecule has 2 N–H and O–H groups in total. The molecule has 13 heavy (non-hydrogen) atoms. The highest BCUT2D eigenvalue weighted by atomic mass is 15.0. The van der Waals surface area contributed by atoms with E-state index in [4.69, 9.17) is 0 Å². The summed E-state index contributed by atoms with van der Waals surface area (Å²) in [6.45, 7) is 4.35. The molecule has 2 heteroatoms. The maximum Gasteiger partial charge on any atom is 0.0345 e. The van der Waals surface area contributed by atoms with Crippen molar-refractivity contribution in [2.75, 3.05) is 0 Å². The average Bonchev–Trinajstić information content (AvgIpc) is 2.17. The van der Waals surface area contributed by atoms with Crippen LogP contribution in [0.25, 0.3) is 0 Å². The highest BCUT2D eigenvalue weighted by molar-refractivity contribution is 5.29. The Kier molecular flexibility index (Phi) is 2.30. The van der Waals surface area contributed by atoms with E-state index in [9.17, 15) is 0 Å².